The van der Waals surface area contributed by atoms with Crippen molar-refractivity contribution in [1.82, 2.24) is 9.55 Å². The normalized spacial score (nSPS) is 10.9. The maximum atomic E-state index is 12.8. The van der Waals surface area contributed by atoms with E-state index in [1.807, 2.05) is 54.6 Å². The molecule has 2 aromatic heterocycles. The number of nitrogens with zero attached hydrogens (tertiary/aromatic N) is 2. The van der Waals surface area contributed by atoms with Gasteiger partial charge >= 0.3 is 5.97 Å². The molecule has 0 atom stereocenters. The Morgan fingerprint density at radius 2 is 1.71 bits per heavy atom. The molecule has 6 nitrogen and oxygen atoms in total. The fraction of sp³-hybridized carbons (Fsp3) is 0.276. The molecule has 4 rings (SSSR count). The molecular formula is C29H30N2O4. The van der Waals surface area contributed by atoms with E-state index in [9.17, 15) is 9.59 Å². The lowest BCUT2D eigenvalue weighted by Gasteiger charge is -2.14. The van der Waals surface area contributed by atoms with Gasteiger partial charge in [0.1, 0.15) is 12.4 Å². The molecule has 35 heavy (non-hydrogen) atoms. The number of carbonyl (C=O) groups is 1. The van der Waals surface area contributed by atoms with Crippen LogP contribution in [0.15, 0.2) is 71.5 Å². The number of hydrogen-bond acceptors (Lipinski definition) is 5. The lowest BCUT2D eigenvalue weighted by Crippen LogP contribution is -2.20. The molecule has 0 amide bonds. The SMILES string of the molecule is CCOC(=O)c1ccccc1COc1ccc(Cn2c(=O)ccc3c(CC)nc(CC)cc32)cc1. The number of aromatic nitrogens is 2. The van der Waals surface area contributed by atoms with Gasteiger partial charge in [-0.3, -0.25) is 9.78 Å². The Kier molecular flexibility index (Phi) is 7.60. The summed E-state index contributed by atoms with van der Waals surface area (Å²) in [6.45, 7) is 6.98. The van der Waals surface area contributed by atoms with Crippen LogP contribution in [-0.2, 0) is 30.7 Å². The number of rotatable bonds is 9. The fourth-order valence-electron chi connectivity index (χ4n) is 4.12. The van der Waals surface area contributed by atoms with Gasteiger partial charge in [0.25, 0.3) is 5.56 Å². The zero-order valence-corrected chi connectivity index (χ0v) is 20.4. The summed E-state index contributed by atoms with van der Waals surface area (Å²) >= 11 is 0. The molecule has 0 saturated heterocycles. The van der Waals surface area contributed by atoms with E-state index < -0.39 is 0 Å². The van der Waals surface area contributed by atoms with E-state index in [0.29, 0.717) is 24.5 Å². The molecule has 4 aromatic rings. The van der Waals surface area contributed by atoms with Crippen molar-refractivity contribution >= 4 is 16.9 Å². The maximum Gasteiger partial charge on any atom is 0.338 e. The Morgan fingerprint density at radius 1 is 0.943 bits per heavy atom. The number of pyridine rings is 2. The molecule has 2 aromatic carbocycles. The summed E-state index contributed by atoms with van der Waals surface area (Å²) in [5.74, 6) is 0.332. The Bertz CT molecular complexity index is 1390. The number of esters is 1. The summed E-state index contributed by atoms with van der Waals surface area (Å²) in [5.41, 5.74) is 5.14. The van der Waals surface area contributed by atoms with Gasteiger partial charge in [-0.05, 0) is 55.7 Å². The van der Waals surface area contributed by atoms with E-state index in [2.05, 4.69) is 13.8 Å². The number of benzene rings is 2. The second-order valence-corrected chi connectivity index (χ2v) is 8.27. The van der Waals surface area contributed by atoms with Crippen molar-refractivity contribution in [2.75, 3.05) is 6.61 Å². The van der Waals surface area contributed by atoms with Gasteiger partial charge in [-0.25, -0.2) is 4.79 Å². The highest BCUT2D eigenvalue weighted by Gasteiger charge is 2.13. The molecule has 0 aliphatic carbocycles. The van der Waals surface area contributed by atoms with Gasteiger partial charge < -0.3 is 14.0 Å². The van der Waals surface area contributed by atoms with Gasteiger partial charge in [0, 0.05) is 28.4 Å². The van der Waals surface area contributed by atoms with E-state index in [0.717, 1.165) is 46.3 Å². The first-order valence-electron chi connectivity index (χ1n) is 12.0. The third-order valence-corrected chi connectivity index (χ3v) is 5.99. The number of aryl methyl sites for hydroxylation is 2. The summed E-state index contributed by atoms with van der Waals surface area (Å²) in [5, 5.41) is 1.02. The van der Waals surface area contributed by atoms with E-state index in [1.165, 1.54) is 0 Å². The largest absolute Gasteiger partial charge is 0.489 e. The van der Waals surface area contributed by atoms with E-state index >= 15 is 0 Å². The van der Waals surface area contributed by atoms with Crippen LogP contribution in [0.4, 0.5) is 0 Å². The summed E-state index contributed by atoms with van der Waals surface area (Å²) < 4.78 is 12.9. The average molecular weight is 471 g/mol. The van der Waals surface area contributed by atoms with Crippen LogP contribution in [-0.4, -0.2) is 22.1 Å². The van der Waals surface area contributed by atoms with Crippen molar-refractivity contribution < 1.29 is 14.3 Å². The minimum absolute atomic E-state index is 0.0382. The third-order valence-electron chi connectivity index (χ3n) is 5.99. The number of hydrogen-bond donors (Lipinski definition) is 0. The van der Waals surface area contributed by atoms with Crippen LogP contribution in [0.1, 0.15) is 53.6 Å². The number of fused-ring (bicyclic) bond motifs is 1. The molecule has 0 fully saturated rings. The lowest BCUT2D eigenvalue weighted by molar-refractivity contribution is 0.0523. The first kappa shape index (κ1) is 24.2. The molecule has 0 aliphatic rings. The van der Waals surface area contributed by atoms with Crippen LogP contribution < -0.4 is 10.3 Å². The van der Waals surface area contributed by atoms with Crippen LogP contribution in [0.25, 0.3) is 10.9 Å². The highest BCUT2D eigenvalue weighted by atomic mass is 16.5. The smallest absolute Gasteiger partial charge is 0.338 e. The molecule has 0 saturated carbocycles. The van der Waals surface area contributed by atoms with Crippen molar-refractivity contribution in [3.05, 3.63) is 105 Å². The fourth-order valence-corrected chi connectivity index (χ4v) is 4.12. The van der Waals surface area contributed by atoms with Crippen molar-refractivity contribution in [2.24, 2.45) is 0 Å². The lowest BCUT2D eigenvalue weighted by atomic mass is 10.1. The second-order valence-electron chi connectivity index (χ2n) is 8.27. The Morgan fingerprint density at radius 3 is 2.43 bits per heavy atom. The van der Waals surface area contributed by atoms with Crippen molar-refractivity contribution in [3.63, 3.8) is 0 Å². The first-order chi connectivity index (χ1) is 17.0. The van der Waals surface area contributed by atoms with Crippen LogP contribution in [0.2, 0.25) is 0 Å². The van der Waals surface area contributed by atoms with Crippen LogP contribution >= 0.6 is 0 Å². The number of carbonyl (C=O) groups excluding carboxylic acids is 1. The highest BCUT2D eigenvalue weighted by Crippen LogP contribution is 2.21. The summed E-state index contributed by atoms with van der Waals surface area (Å²) in [6.07, 6.45) is 1.63. The molecule has 6 heteroatoms. The monoisotopic (exact) mass is 470 g/mol. The van der Waals surface area contributed by atoms with E-state index in [-0.39, 0.29) is 18.1 Å². The Labute approximate surface area is 205 Å². The zero-order chi connectivity index (χ0) is 24.8. The van der Waals surface area contributed by atoms with Crippen LogP contribution in [0.3, 0.4) is 0 Å². The summed E-state index contributed by atoms with van der Waals surface area (Å²) in [4.78, 5) is 29.7. The maximum absolute atomic E-state index is 12.8. The van der Waals surface area contributed by atoms with Crippen LogP contribution in [0, 0.1) is 0 Å². The molecule has 0 aliphatic heterocycles. The molecule has 180 valence electrons. The first-order valence-corrected chi connectivity index (χ1v) is 12.0. The minimum atomic E-state index is -0.352. The quantitative estimate of drug-likeness (QED) is 0.310. The average Bonchev–Trinajstić information content (AvgIpc) is 2.89. The van der Waals surface area contributed by atoms with E-state index in [4.69, 9.17) is 14.5 Å². The van der Waals surface area contributed by atoms with Gasteiger partial charge in [0.15, 0.2) is 0 Å². The molecule has 0 bridgehead atoms. The Hall–Kier alpha value is -3.93. The highest BCUT2D eigenvalue weighted by molar-refractivity contribution is 5.91. The molecule has 0 radical (unpaired) electrons. The minimum Gasteiger partial charge on any atom is -0.489 e. The van der Waals surface area contributed by atoms with Gasteiger partial charge in [-0.2, -0.15) is 0 Å². The topological polar surface area (TPSA) is 70.4 Å². The second kappa shape index (κ2) is 11.0. The third kappa shape index (κ3) is 5.43. The standard InChI is InChI=1S/C29H30N2O4/c1-4-22-17-27-25(26(5-2)30-22)15-16-28(32)31(27)18-20-11-13-23(14-12-20)35-19-21-9-7-8-10-24(21)29(33)34-6-3/h7-17H,4-6,18-19H2,1-3H3. The summed E-state index contributed by atoms with van der Waals surface area (Å²) in [6, 6.07) is 20.5. The molecule has 2 heterocycles. The zero-order valence-electron chi connectivity index (χ0n) is 20.4. The van der Waals surface area contributed by atoms with Crippen molar-refractivity contribution in [2.45, 2.75) is 46.8 Å². The van der Waals surface area contributed by atoms with Crippen molar-refractivity contribution in [1.29, 1.82) is 0 Å². The van der Waals surface area contributed by atoms with Crippen molar-refractivity contribution in [3.8, 4) is 5.75 Å². The predicted octanol–water partition coefficient (Wildman–Crippen LogP) is 5.33. The van der Waals surface area contributed by atoms with Gasteiger partial charge in [-0.15, -0.1) is 0 Å². The van der Waals surface area contributed by atoms with Gasteiger partial charge in [-0.1, -0.05) is 44.2 Å². The van der Waals surface area contributed by atoms with E-state index in [1.54, 1.807) is 23.6 Å². The molecule has 0 N–H and O–H groups in total. The summed E-state index contributed by atoms with van der Waals surface area (Å²) in [7, 11) is 0. The Balaban J connectivity index is 1.54. The number of ether oxygens (including phenoxy) is 2. The predicted molar refractivity (Wildman–Crippen MR) is 137 cm³/mol. The molecular weight excluding hydrogens is 440 g/mol. The molecule has 0 unspecified atom stereocenters. The van der Waals surface area contributed by atoms with Gasteiger partial charge in [0.2, 0.25) is 0 Å². The molecule has 0 spiro atoms. The van der Waals surface area contributed by atoms with Crippen LogP contribution in [0.5, 0.6) is 5.75 Å². The van der Waals surface area contributed by atoms with Gasteiger partial charge in [0.05, 0.1) is 24.2 Å².